The lowest BCUT2D eigenvalue weighted by atomic mass is 10.2. The Bertz CT molecular complexity index is 221. The molecule has 1 saturated heterocycles. The van der Waals surface area contributed by atoms with Crippen LogP contribution in [0.3, 0.4) is 0 Å². The number of morpholine rings is 1. The van der Waals surface area contributed by atoms with E-state index in [1.807, 2.05) is 0 Å². The SMILES string of the molecule is C=CCNCC(=O)N1CCOCC1CO. The van der Waals surface area contributed by atoms with Crippen molar-refractivity contribution in [3.63, 3.8) is 0 Å². The first-order valence-corrected chi connectivity index (χ1v) is 5.09. The van der Waals surface area contributed by atoms with Crippen LogP contribution in [0.25, 0.3) is 0 Å². The number of ether oxygens (including phenoxy) is 1. The normalized spacial score (nSPS) is 21.4. The fraction of sp³-hybridized carbons (Fsp3) is 0.700. The number of hydrogen-bond acceptors (Lipinski definition) is 4. The minimum absolute atomic E-state index is 0.000741. The molecule has 0 spiro atoms. The van der Waals surface area contributed by atoms with Gasteiger partial charge in [0.05, 0.1) is 32.4 Å². The summed E-state index contributed by atoms with van der Waals surface area (Å²) in [5.41, 5.74) is 0. The van der Waals surface area contributed by atoms with E-state index in [2.05, 4.69) is 11.9 Å². The van der Waals surface area contributed by atoms with E-state index in [9.17, 15) is 4.79 Å². The number of aliphatic hydroxyl groups is 1. The Morgan fingerprint density at radius 3 is 3.20 bits per heavy atom. The number of carbonyl (C=O) groups is 1. The van der Waals surface area contributed by atoms with Crippen molar-refractivity contribution < 1.29 is 14.6 Å². The molecule has 1 aliphatic rings. The molecule has 0 radical (unpaired) electrons. The van der Waals surface area contributed by atoms with E-state index in [1.54, 1.807) is 11.0 Å². The maximum atomic E-state index is 11.7. The standard InChI is InChI=1S/C10H18N2O3/c1-2-3-11-6-10(14)12-4-5-15-8-9(12)7-13/h2,9,11,13H,1,3-8H2. The molecule has 1 amide bonds. The summed E-state index contributed by atoms with van der Waals surface area (Å²) in [5.74, 6) is -0.000741. The summed E-state index contributed by atoms with van der Waals surface area (Å²) in [7, 11) is 0. The molecule has 1 aliphatic heterocycles. The van der Waals surface area contributed by atoms with Gasteiger partial charge in [0.2, 0.25) is 5.91 Å². The first-order chi connectivity index (χ1) is 7.29. The number of hydrogen-bond donors (Lipinski definition) is 2. The highest BCUT2D eigenvalue weighted by Crippen LogP contribution is 2.06. The minimum Gasteiger partial charge on any atom is -0.394 e. The smallest absolute Gasteiger partial charge is 0.237 e. The highest BCUT2D eigenvalue weighted by atomic mass is 16.5. The van der Waals surface area contributed by atoms with Gasteiger partial charge in [-0.3, -0.25) is 4.79 Å². The molecule has 0 aromatic carbocycles. The van der Waals surface area contributed by atoms with Crippen LogP contribution in [-0.2, 0) is 9.53 Å². The number of nitrogens with one attached hydrogen (secondary N) is 1. The van der Waals surface area contributed by atoms with Crippen molar-refractivity contribution in [2.75, 3.05) is 39.5 Å². The van der Waals surface area contributed by atoms with Crippen molar-refractivity contribution in [1.29, 1.82) is 0 Å². The second-order valence-electron chi connectivity index (χ2n) is 3.42. The highest BCUT2D eigenvalue weighted by Gasteiger charge is 2.25. The fourth-order valence-corrected chi connectivity index (χ4v) is 1.52. The van der Waals surface area contributed by atoms with Gasteiger partial charge in [-0.1, -0.05) is 6.08 Å². The number of carbonyl (C=O) groups excluding carboxylic acids is 1. The lowest BCUT2D eigenvalue weighted by Crippen LogP contribution is -2.52. The molecule has 1 atom stereocenters. The molecule has 1 unspecified atom stereocenters. The summed E-state index contributed by atoms with van der Waals surface area (Å²) >= 11 is 0. The summed E-state index contributed by atoms with van der Waals surface area (Å²) < 4.78 is 5.19. The lowest BCUT2D eigenvalue weighted by Gasteiger charge is -2.34. The molecule has 1 rings (SSSR count). The zero-order chi connectivity index (χ0) is 11.1. The third-order valence-electron chi connectivity index (χ3n) is 2.32. The largest absolute Gasteiger partial charge is 0.394 e. The van der Waals surface area contributed by atoms with E-state index in [0.29, 0.717) is 26.3 Å². The van der Waals surface area contributed by atoms with Crippen LogP contribution in [0.15, 0.2) is 12.7 Å². The van der Waals surface area contributed by atoms with Crippen LogP contribution < -0.4 is 5.32 Å². The summed E-state index contributed by atoms with van der Waals surface area (Å²) in [5, 5.41) is 12.0. The van der Waals surface area contributed by atoms with Gasteiger partial charge in [-0.15, -0.1) is 6.58 Å². The molecule has 5 nitrogen and oxygen atoms in total. The molecule has 1 heterocycles. The van der Waals surface area contributed by atoms with E-state index in [-0.39, 0.29) is 25.1 Å². The third kappa shape index (κ3) is 3.62. The van der Waals surface area contributed by atoms with Gasteiger partial charge in [0.1, 0.15) is 0 Å². The molecule has 15 heavy (non-hydrogen) atoms. The molecule has 0 aromatic heterocycles. The third-order valence-corrected chi connectivity index (χ3v) is 2.32. The van der Waals surface area contributed by atoms with Crippen LogP contribution in [0.4, 0.5) is 0 Å². The van der Waals surface area contributed by atoms with Crippen molar-refractivity contribution in [3.8, 4) is 0 Å². The van der Waals surface area contributed by atoms with Crippen LogP contribution in [0.2, 0.25) is 0 Å². The lowest BCUT2D eigenvalue weighted by molar-refractivity contribution is -0.140. The molecule has 0 aliphatic carbocycles. The molecular formula is C10H18N2O3. The molecule has 1 fully saturated rings. The van der Waals surface area contributed by atoms with Crippen LogP contribution in [0.5, 0.6) is 0 Å². The van der Waals surface area contributed by atoms with Gasteiger partial charge in [-0.05, 0) is 0 Å². The topological polar surface area (TPSA) is 61.8 Å². The zero-order valence-electron chi connectivity index (χ0n) is 8.82. The molecular weight excluding hydrogens is 196 g/mol. The van der Waals surface area contributed by atoms with Gasteiger partial charge in [0, 0.05) is 13.1 Å². The van der Waals surface area contributed by atoms with Gasteiger partial charge in [-0.2, -0.15) is 0 Å². The van der Waals surface area contributed by atoms with Gasteiger partial charge < -0.3 is 20.1 Å². The Morgan fingerprint density at radius 2 is 2.53 bits per heavy atom. The van der Waals surface area contributed by atoms with Crippen LogP contribution in [0, 0.1) is 0 Å². The highest BCUT2D eigenvalue weighted by molar-refractivity contribution is 5.78. The second-order valence-corrected chi connectivity index (χ2v) is 3.42. The summed E-state index contributed by atoms with van der Waals surface area (Å²) in [6.45, 7) is 5.92. The maximum absolute atomic E-state index is 11.7. The first kappa shape index (κ1) is 12.2. The minimum atomic E-state index is -0.197. The predicted molar refractivity (Wildman–Crippen MR) is 56.5 cm³/mol. The van der Waals surface area contributed by atoms with Crippen LogP contribution in [-0.4, -0.2) is 61.4 Å². The fourth-order valence-electron chi connectivity index (χ4n) is 1.52. The molecule has 0 aromatic rings. The van der Waals surface area contributed by atoms with Crippen molar-refractivity contribution in [2.45, 2.75) is 6.04 Å². The Kier molecular flexibility index (Phi) is 5.31. The van der Waals surface area contributed by atoms with E-state index in [4.69, 9.17) is 9.84 Å². The van der Waals surface area contributed by atoms with Gasteiger partial charge >= 0.3 is 0 Å². The Hall–Kier alpha value is -0.910. The van der Waals surface area contributed by atoms with Gasteiger partial charge in [-0.25, -0.2) is 0 Å². The second kappa shape index (κ2) is 6.55. The van der Waals surface area contributed by atoms with Crippen LogP contribution >= 0.6 is 0 Å². The van der Waals surface area contributed by atoms with E-state index < -0.39 is 0 Å². The Balaban J connectivity index is 2.37. The quantitative estimate of drug-likeness (QED) is 0.454. The first-order valence-electron chi connectivity index (χ1n) is 5.09. The summed E-state index contributed by atoms with van der Waals surface area (Å²) in [6, 6.07) is -0.197. The number of nitrogens with zero attached hydrogens (tertiary/aromatic N) is 1. The summed E-state index contributed by atoms with van der Waals surface area (Å²) in [6.07, 6.45) is 1.70. The number of amides is 1. The molecule has 2 N–H and O–H groups in total. The Morgan fingerprint density at radius 1 is 1.73 bits per heavy atom. The van der Waals surface area contributed by atoms with E-state index in [0.717, 1.165) is 0 Å². The number of aliphatic hydroxyl groups excluding tert-OH is 1. The van der Waals surface area contributed by atoms with Crippen molar-refractivity contribution >= 4 is 5.91 Å². The van der Waals surface area contributed by atoms with Gasteiger partial charge in [0.25, 0.3) is 0 Å². The Labute approximate surface area is 89.7 Å². The molecule has 86 valence electrons. The van der Waals surface area contributed by atoms with Gasteiger partial charge in [0.15, 0.2) is 0 Å². The monoisotopic (exact) mass is 214 g/mol. The van der Waals surface area contributed by atoms with Crippen LogP contribution in [0.1, 0.15) is 0 Å². The molecule has 0 bridgehead atoms. The maximum Gasteiger partial charge on any atom is 0.237 e. The van der Waals surface area contributed by atoms with Crippen molar-refractivity contribution in [3.05, 3.63) is 12.7 Å². The average molecular weight is 214 g/mol. The average Bonchev–Trinajstić information content (AvgIpc) is 2.29. The van der Waals surface area contributed by atoms with E-state index in [1.165, 1.54) is 0 Å². The van der Waals surface area contributed by atoms with E-state index >= 15 is 0 Å². The van der Waals surface area contributed by atoms with Crippen molar-refractivity contribution in [1.82, 2.24) is 10.2 Å². The molecule has 0 saturated carbocycles. The number of rotatable bonds is 5. The van der Waals surface area contributed by atoms with Crippen molar-refractivity contribution in [2.24, 2.45) is 0 Å². The summed E-state index contributed by atoms with van der Waals surface area (Å²) in [4.78, 5) is 13.4. The molecule has 5 heteroatoms. The zero-order valence-corrected chi connectivity index (χ0v) is 8.82. The predicted octanol–water partition coefficient (Wildman–Crippen LogP) is -1.02.